The van der Waals surface area contributed by atoms with Crippen molar-refractivity contribution in [2.45, 2.75) is 58.0 Å². The van der Waals surface area contributed by atoms with Crippen molar-refractivity contribution in [3.8, 4) is 0 Å². The van der Waals surface area contributed by atoms with Gasteiger partial charge in [0.25, 0.3) is 0 Å². The Balaban J connectivity index is 2.78. The normalized spacial score (nSPS) is 27.9. The molecule has 0 radical (unpaired) electrons. The SMILES string of the molecule is CCCCN(C(C)CC)C1(CN)CCN(C)C1. The van der Waals surface area contributed by atoms with Crippen molar-refractivity contribution >= 4 is 0 Å². The zero-order valence-electron chi connectivity index (χ0n) is 12.2. The quantitative estimate of drug-likeness (QED) is 0.739. The molecule has 3 nitrogen and oxygen atoms in total. The lowest BCUT2D eigenvalue weighted by atomic mass is 9.93. The van der Waals surface area contributed by atoms with Crippen LogP contribution in [0.2, 0.25) is 0 Å². The molecule has 1 saturated heterocycles. The molecule has 1 aliphatic rings. The zero-order valence-corrected chi connectivity index (χ0v) is 12.2. The maximum atomic E-state index is 6.13. The smallest absolute Gasteiger partial charge is 0.0473 e. The summed E-state index contributed by atoms with van der Waals surface area (Å²) in [6, 6.07) is 0.650. The summed E-state index contributed by atoms with van der Waals surface area (Å²) in [5.74, 6) is 0. The Morgan fingerprint density at radius 2 is 2.12 bits per heavy atom. The molecule has 0 bridgehead atoms. The van der Waals surface area contributed by atoms with Crippen LogP contribution in [0.15, 0.2) is 0 Å². The van der Waals surface area contributed by atoms with Gasteiger partial charge in [-0.25, -0.2) is 0 Å². The summed E-state index contributed by atoms with van der Waals surface area (Å²) in [5, 5.41) is 0. The highest BCUT2D eigenvalue weighted by Gasteiger charge is 2.41. The Bertz CT molecular complexity index is 220. The average Bonchev–Trinajstić information content (AvgIpc) is 2.72. The topological polar surface area (TPSA) is 32.5 Å². The number of nitrogens with two attached hydrogens (primary N) is 1. The van der Waals surface area contributed by atoms with E-state index in [-0.39, 0.29) is 5.54 Å². The van der Waals surface area contributed by atoms with Crippen LogP contribution in [0.1, 0.15) is 46.5 Å². The van der Waals surface area contributed by atoms with Crippen molar-refractivity contribution in [3.63, 3.8) is 0 Å². The minimum atomic E-state index is 0.235. The van der Waals surface area contributed by atoms with Crippen LogP contribution in [0.3, 0.4) is 0 Å². The first kappa shape index (κ1) is 14.9. The van der Waals surface area contributed by atoms with Crippen LogP contribution < -0.4 is 5.73 Å². The van der Waals surface area contributed by atoms with E-state index in [1.807, 2.05) is 0 Å². The number of hydrogen-bond donors (Lipinski definition) is 1. The number of likely N-dealkylation sites (tertiary alicyclic amines) is 1. The highest BCUT2D eigenvalue weighted by Crippen LogP contribution is 2.29. The molecule has 102 valence electrons. The fraction of sp³-hybridized carbons (Fsp3) is 1.00. The van der Waals surface area contributed by atoms with Crippen molar-refractivity contribution in [2.24, 2.45) is 5.73 Å². The highest BCUT2D eigenvalue weighted by molar-refractivity contribution is 5.00. The molecule has 0 aromatic carbocycles. The number of likely N-dealkylation sites (N-methyl/N-ethyl adjacent to an activating group) is 1. The molecule has 2 N–H and O–H groups in total. The van der Waals surface area contributed by atoms with Crippen LogP contribution in [-0.4, -0.2) is 54.6 Å². The molecular formula is C14H31N3. The largest absolute Gasteiger partial charge is 0.329 e. The van der Waals surface area contributed by atoms with Gasteiger partial charge in [-0.2, -0.15) is 0 Å². The summed E-state index contributed by atoms with van der Waals surface area (Å²) < 4.78 is 0. The second-order valence-corrected chi connectivity index (χ2v) is 5.72. The fourth-order valence-corrected chi connectivity index (χ4v) is 3.05. The Labute approximate surface area is 107 Å². The lowest BCUT2D eigenvalue weighted by Gasteiger charge is -2.44. The molecule has 3 heteroatoms. The Morgan fingerprint density at radius 1 is 1.41 bits per heavy atom. The monoisotopic (exact) mass is 241 g/mol. The predicted molar refractivity (Wildman–Crippen MR) is 75.3 cm³/mol. The summed E-state index contributed by atoms with van der Waals surface area (Å²) in [5.41, 5.74) is 6.36. The summed E-state index contributed by atoms with van der Waals surface area (Å²) >= 11 is 0. The van der Waals surface area contributed by atoms with E-state index >= 15 is 0 Å². The van der Waals surface area contributed by atoms with E-state index in [0.29, 0.717) is 6.04 Å². The van der Waals surface area contributed by atoms with Gasteiger partial charge in [-0.05, 0) is 46.3 Å². The molecule has 0 amide bonds. The van der Waals surface area contributed by atoms with Crippen LogP contribution in [-0.2, 0) is 0 Å². The van der Waals surface area contributed by atoms with Gasteiger partial charge in [-0.1, -0.05) is 20.3 Å². The van der Waals surface area contributed by atoms with Crippen molar-refractivity contribution in [3.05, 3.63) is 0 Å². The molecule has 0 aromatic rings. The summed E-state index contributed by atoms with van der Waals surface area (Å²) in [6.45, 7) is 11.2. The molecule has 1 fully saturated rings. The molecule has 0 aliphatic carbocycles. The van der Waals surface area contributed by atoms with Gasteiger partial charge >= 0.3 is 0 Å². The van der Waals surface area contributed by atoms with Crippen LogP contribution >= 0.6 is 0 Å². The van der Waals surface area contributed by atoms with Crippen molar-refractivity contribution in [1.82, 2.24) is 9.80 Å². The van der Waals surface area contributed by atoms with E-state index in [9.17, 15) is 0 Å². The van der Waals surface area contributed by atoms with Gasteiger partial charge in [0.15, 0.2) is 0 Å². The molecule has 1 heterocycles. The Hall–Kier alpha value is -0.120. The minimum absolute atomic E-state index is 0.235. The van der Waals surface area contributed by atoms with Gasteiger partial charge in [-0.15, -0.1) is 0 Å². The first-order chi connectivity index (χ1) is 8.09. The second-order valence-electron chi connectivity index (χ2n) is 5.72. The van der Waals surface area contributed by atoms with Crippen molar-refractivity contribution in [2.75, 3.05) is 33.2 Å². The lowest BCUT2D eigenvalue weighted by Crippen LogP contribution is -2.58. The molecule has 0 spiro atoms. The van der Waals surface area contributed by atoms with E-state index in [0.717, 1.165) is 13.1 Å². The third kappa shape index (κ3) is 3.43. The Kier molecular flexibility index (Phi) is 5.90. The summed E-state index contributed by atoms with van der Waals surface area (Å²) in [7, 11) is 2.21. The van der Waals surface area contributed by atoms with Gasteiger partial charge in [0.05, 0.1) is 0 Å². The van der Waals surface area contributed by atoms with Crippen molar-refractivity contribution < 1.29 is 0 Å². The van der Waals surface area contributed by atoms with E-state index in [4.69, 9.17) is 5.73 Å². The van der Waals surface area contributed by atoms with Gasteiger partial charge in [-0.3, -0.25) is 4.90 Å². The molecule has 1 aliphatic heterocycles. The molecule has 2 unspecified atom stereocenters. The summed E-state index contributed by atoms with van der Waals surface area (Å²) in [4.78, 5) is 5.12. The number of hydrogen-bond acceptors (Lipinski definition) is 3. The van der Waals surface area contributed by atoms with Crippen LogP contribution in [0.5, 0.6) is 0 Å². The third-order valence-electron chi connectivity index (χ3n) is 4.39. The van der Waals surface area contributed by atoms with E-state index in [1.54, 1.807) is 0 Å². The maximum Gasteiger partial charge on any atom is 0.0473 e. The fourth-order valence-electron chi connectivity index (χ4n) is 3.05. The molecule has 1 rings (SSSR count). The van der Waals surface area contributed by atoms with Crippen molar-refractivity contribution in [1.29, 1.82) is 0 Å². The molecular weight excluding hydrogens is 210 g/mol. The predicted octanol–water partition coefficient (Wildman–Crippen LogP) is 1.92. The maximum absolute atomic E-state index is 6.13. The standard InChI is InChI=1S/C14H31N3/c1-5-7-9-17(13(3)6-2)14(11-15)8-10-16(4)12-14/h13H,5-12,15H2,1-4H3. The van der Waals surface area contributed by atoms with Gasteiger partial charge in [0.1, 0.15) is 0 Å². The van der Waals surface area contributed by atoms with Gasteiger partial charge < -0.3 is 10.6 Å². The van der Waals surface area contributed by atoms with E-state index < -0.39 is 0 Å². The highest BCUT2D eigenvalue weighted by atomic mass is 15.3. The minimum Gasteiger partial charge on any atom is -0.329 e. The molecule has 2 atom stereocenters. The first-order valence-corrected chi connectivity index (χ1v) is 7.25. The van der Waals surface area contributed by atoms with Gasteiger partial charge in [0, 0.05) is 24.7 Å². The van der Waals surface area contributed by atoms with Crippen LogP contribution in [0.25, 0.3) is 0 Å². The van der Waals surface area contributed by atoms with Gasteiger partial charge in [0.2, 0.25) is 0 Å². The van der Waals surface area contributed by atoms with Crippen LogP contribution in [0, 0.1) is 0 Å². The molecule has 0 saturated carbocycles. The zero-order chi connectivity index (χ0) is 12.9. The lowest BCUT2D eigenvalue weighted by molar-refractivity contribution is 0.0582. The number of nitrogens with zero attached hydrogens (tertiary/aromatic N) is 2. The average molecular weight is 241 g/mol. The number of unbranched alkanes of at least 4 members (excludes halogenated alkanes) is 1. The van der Waals surface area contributed by atoms with E-state index in [2.05, 4.69) is 37.6 Å². The van der Waals surface area contributed by atoms with E-state index in [1.165, 1.54) is 38.8 Å². The number of rotatable bonds is 7. The Morgan fingerprint density at radius 3 is 2.53 bits per heavy atom. The first-order valence-electron chi connectivity index (χ1n) is 7.25. The van der Waals surface area contributed by atoms with Crippen LogP contribution in [0.4, 0.5) is 0 Å². The molecule has 17 heavy (non-hydrogen) atoms. The third-order valence-corrected chi connectivity index (χ3v) is 4.39. The molecule has 0 aromatic heterocycles. The summed E-state index contributed by atoms with van der Waals surface area (Å²) in [6.07, 6.45) is 5.00. The second kappa shape index (κ2) is 6.72.